The summed E-state index contributed by atoms with van der Waals surface area (Å²) in [7, 11) is -3.78. The maximum Gasteiger partial charge on any atom is 0.241 e. The van der Waals surface area contributed by atoms with Crippen LogP contribution in [-0.2, 0) is 10.0 Å². The molecule has 3 aromatic rings. The van der Waals surface area contributed by atoms with E-state index in [4.69, 9.17) is 5.73 Å². The molecule has 12 heteroatoms. The van der Waals surface area contributed by atoms with Crippen LogP contribution in [0, 0.1) is 23.7 Å². The van der Waals surface area contributed by atoms with Crippen LogP contribution in [0.15, 0.2) is 29.3 Å². The SMILES string of the molecule is Cc1ccc(S(=O)(=O)NC23CCC(C#N)(C2)C3)cc1-c1cnc(N)c(-c2nn[nH]n2)n1. The summed E-state index contributed by atoms with van der Waals surface area (Å²) in [5, 5.41) is 23.0. The Morgan fingerprint density at radius 2 is 2.10 bits per heavy atom. The van der Waals surface area contributed by atoms with Gasteiger partial charge >= 0.3 is 0 Å². The van der Waals surface area contributed by atoms with Crippen LogP contribution in [0.25, 0.3) is 22.8 Å². The number of tetrazole rings is 1. The second-order valence-electron chi connectivity index (χ2n) is 8.33. The first kappa shape index (κ1) is 19.5. The standard InChI is InChI=1S/C19H19N9O2S/c1-11-2-3-12(31(29,30)26-19-5-4-18(8-19,9-19)10-20)6-13(11)14-7-22-16(21)15(23-14)17-24-27-28-25-17/h2-3,6-7,26H,4-5,8-9H2,1H3,(H2,21,22)(H,24,25,27,28). The molecule has 3 fully saturated rings. The van der Waals surface area contributed by atoms with Gasteiger partial charge in [-0.05, 0) is 55.5 Å². The molecule has 11 nitrogen and oxygen atoms in total. The van der Waals surface area contributed by atoms with Crippen LogP contribution in [0.3, 0.4) is 0 Å². The molecular formula is C19H19N9O2S. The lowest BCUT2D eigenvalue weighted by Gasteiger charge is -2.43. The van der Waals surface area contributed by atoms with Crippen LogP contribution in [0.1, 0.15) is 31.2 Å². The van der Waals surface area contributed by atoms with Crippen molar-refractivity contribution in [3.63, 3.8) is 0 Å². The van der Waals surface area contributed by atoms with Crippen LogP contribution < -0.4 is 10.5 Å². The predicted molar refractivity (Wildman–Crippen MR) is 109 cm³/mol. The zero-order valence-corrected chi connectivity index (χ0v) is 17.4. The lowest BCUT2D eigenvalue weighted by atomic mass is 9.66. The highest BCUT2D eigenvalue weighted by atomic mass is 32.2. The first-order valence-corrected chi connectivity index (χ1v) is 11.2. The van der Waals surface area contributed by atoms with Gasteiger partial charge in [-0.1, -0.05) is 6.07 Å². The molecule has 3 aliphatic rings. The molecule has 2 heterocycles. The fourth-order valence-electron chi connectivity index (χ4n) is 4.68. The minimum absolute atomic E-state index is 0.128. The van der Waals surface area contributed by atoms with Gasteiger partial charge in [-0.3, -0.25) is 0 Å². The number of benzene rings is 1. The summed E-state index contributed by atoms with van der Waals surface area (Å²) in [4.78, 5) is 8.78. The molecule has 0 radical (unpaired) electrons. The molecule has 3 saturated carbocycles. The summed E-state index contributed by atoms with van der Waals surface area (Å²) in [6.07, 6.45) is 4.01. The first-order chi connectivity index (χ1) is 14.7. The van der Waals surface area contributed by atoms with Crippen molar-refractivity contribution in [2.24, 2.45) is 5.41 Å². The minimum atomic E-state index is -3.78. The molecule has 0 unspecified atom stereocenters. The van der Waals surface area contributed by atoms with E-state index < -0.39 is 15.6 Å². The van der Waals surface area contributed by atoms with Crippen LogP contribution in [0.5, 0.6) is 0 Å². The van der Waals surface area contributed by atoms with E-state index in [1.807, 2.05) is 6.92 Å². The number of sulfonamides is 1. The summed E-state index contributed by atoms with van der Waals surface area (Å²) < 4.78 is 29.1. The highest BCUT2D eigenvalue weighted by Crippen LogP contribution is 2.61. The van der Waals surface area contributed by atoms with E-state index in [-0.39, 0.29) is 27.6 Å². The summed E-state index contributed by atoms with van der Waals surface area (Å²) in [6.45, 7) is 1.86. The number of nitrogen functional groups attached to an aromatic ring is 1. The molecule has 31 heavy (non-hydrogen) atoms. The number of aromatic nitrogens is 6. The van der Waals surface area contributed by atoms with Gasteiger partial charge in [0.25, 0.3) is 0 Å². The summed E-state index contributed by atoms with van der Waals surface area (Å²) in [5.41, 5.74) is 7.13. The number of nitriles is 1. The van der Waals surface area contributed by atoms with E-state index in [0.29, 0.717) is 30.5 Å². The van der Waals surface area contributed by atoms with Gasteiger partial charge in [-0.15, -0.1) is 10.2 Å². The van der Waals surface area contributed by atoms with E-state index in [1.165, 1.54) is 6.20 Å². The zero-order valence-electron chi connectivity index (χ0n) is 16.6. The number of anilines is 1. The second kappa shape index (κ2) is 6.53. The molecule has 0 saturated heterocycles. The fraction of sp³-hybridized carbons (Fsp3) is 0.368. The quantitative estimate of drug-likeness (QED) is 0.531. The molecule has 2 bridgehead atoms. The number of aryl methyl sites for hydroxylation is 1. The van der Waals surface area contributed by atoms with Crippen molar-refractivity contribution in [1.82, 2.24) is 35.3 Å². The van der Waals surface area contributed by atoms with Crippen molar-refractivity contribution < 1.29 is 8.42 Å². The number of fused-ring (bicyclic) bond motifs is 1. The van der Waals surface area contributed by atoms with E-state index in [0.717, 1.165) is 12.0 Å². The van der Waals surface area contributed by atoms with Gasteiger partial charge in [0.15, 0.2) is 11.5 Å². The van der Waals surface area contributed by atoms with E-state index in [2.05, 4.69) is 41.4 Å². The number of H-pyrrole nitrogens is 1. The van der Waals surface area contributed by atoms with Gasteiger partial charge in [0.05, 0.1) is 28.3 Å². The van der Waals surface area contributed by atoms with Crippen molar-refractivity contribution in [2.75, 3.05) is 5.73 Å². The highest BCUT2D eigenvalue weighted by Gasteiger charge is 2.62. The van der Waals surface area contributed by atoms with Crippen molar-refractivity contribution >= 4 is 15.8 Å². The summed E-state index contributed by atoms with van der Waals surface area (Å²) in [6, 6.07) is 7.20. The van der Waals surface area contributed by atoms with Gasteiger partial charge in [0.2, 0.25) is 15.8 Å². The van der Waals surface area contributed by atoms with Gasteiger partial charge in [0.1, 0.15) is 0 Å². The van der Waals surface area contributed by atoms with E-state index in [9.17, 15) is 13.7 Å². The Morgan fingerprint density at radius 1 is 1.29 bits per heavy atom. The smallest absolute Gasteiger partial charge is 0.241 e. The molecule has 2 aromatic heterocycles. The van der Waals surface area contributed by atoms with E-state index >= 15 is 0 Å². The predicted octanol–water partition coefficient (Wildman–Crippen LogP) is 1.33. The summed E-state index contributed by atoms with van der Waals surface area (Å²) >= 11 is 0. The number of aromatic amines is 1. The van der Waals surface area contributed by atoms with Gasteiger partial charge in [-0.25, -0.2) is 23.1 Å². The largest absolute Gasteiger partial charge is 0.382 e. The highest BCUT2D eigenvalue weighted by molar-refractivity contribution is 7.89. The molecule has 0 atom stereocenters. The normalized spacial score (nSPS) is 24.5. The third-order valence-electron chi connectivity index (χ3n) is 6.18. The topological polar surface area (TPSA) is 176 Å². The molecule has 158 valence electrons. The summed E-state index contributed by atoms with van der Waals surface area (Å²) in [5.74, 6) is 0.334. The minimum Gasteiger partial charge on any atom is -0.382 e. The number of hydrogen-bond donors (Lipinski definition) is 3. The Kier molecular flexibility index (Phi) is 4.11. The fourth-order valence-corrected chi connectivity index (χ4v) is 6.13. The van der Waals surface area contributed by atoms with Crippen LogP contribution in [0.2, 0.25) is 0 Å². The van der Waals surface area contributed by atoms with Crippen molar-refractivity contribution in [1.29, 1.82) is 5.26 Å². The van der Waals surface area contributed by atoms with Crippen molar-refractivity contribution in [3.05, 3.63) is 30.0 Å². The van der Waals surface area contributed by atoms with E-state index in [1.54, 1.807) is 18.2 Å². The third-order valence-corrected chi connectivity index (χ3v) is 7.75. The first-order valence-electron chi connectivity index (χ1n) is 9.68. The molecule has 6 rings (SSSR count). The maximum absolute atomic E-state index is 13.1. The number of hydrogen-bond acceptors (Lipinski definition) is 9. The van der Waals surface area contributed by atoms with Gasteiger partial charge in [-0.2, -0.15) is 10.5 Å². The lowest BCUT2D eigenvalue weighted by Crippen LogP contribution is -2.55. The molecule has 0 amide bonds. The van der Waals surface area contributed by atoms with Crippen LogP contribution >= 0.6 is 0 Å². The Hall–Kier alpha value is -3.43. The number of nitrogens with two attached hydrogens (primary N) is 1. The van der Waals surface area contributed by atoms with Crippen LogP contribution in [0.4, 0.5) is 5.82 Å². The van der Waals surface area contributed by atoms with Gasteiger partial charge in [0, 0.05) is 11.1 Å². The number of nitrogens with one attached hydrogen (secondary N) is 2. The number of nitrogens with zero attached hydrogens (tertiary/aromatic N) is 6. The third kappa shape index (κ3) is 3.13. The molecule has 0 aliphatic heterocycles. The van der Waals surface area contributed by atoms with Gasteiger partial charge < -0.3 is 5.73 Å². The molecular weight excluding hydrogens is 418 g/mol. The Balaban J connectivity index is 1.49. The average molecular weight is 437 g/mol. The van der Waals surface area contributed by atoms with Crippen molar-refractivity contribution in [2.45, 2.75) is 43.0 Å². The second-order valence-corrected chi connectivity index (χ2v) is 10.0. The Bertz CT molecular complexity index is 1320. The maximum atomic E-state index is 13.1. The average Bonchev–Trinajstić information content (AvgIpc) is 3.44. The zero-order chi connectivity index (χ0) is 21.9. The molecule has 0 spiro atoms. The molecule has 4 N–H and O–H groups in total. The lowest BCUT2D eigenvalue weighted by molar-refractivity contribution is 0.161. The van der Waals surface area contributed by atoms with Crippen molar-refractivity contribution in [3.8, 4) is 28.8 Å². The monoisotopic (exact) mass is 437 g/mol. The molecule has 1 aromatic carbocycles. The van der Waals surface area contributed by atoms with Crippen LogP contribution in [-0.4, -0.2) is 44.5 Å². The Morgan fingerprint density at radius 3 is 2.77 bits per heavy atom. The Labute approximate surface area is 178 Å². The molecule has 3 aliphatic carbocycles. The number of rotatable bonds is 5.